The first-order valence-electron chi connectivity index (χ1n) is 6.84. The fraction of sp³-hybridized carbons (Fsp3) is 0.385. The van der Waals surface area contributed by atoms with E-state index in [4.69, 9.17) is 4.74 Å². The lowest BCUT2D eigenvalue weighted by Crippen LogP contribution is -2.03. The van der Waals surface area contributed by atoms with Gasteiger partial charge < -0.3 is 15.0 Å². The summed E-state index contributed by atoms with van der Waals surface area (Å²) in [7, 11) is 0. The third-order valence-corrected chi connectivity index (χ3v) is 2.91. The summed E-state index contributed by atoms with van der Waals surface area (Å²) in [6.45, 7) is 6.81. The molecule has 0 aliphatic carbocycles. The quantitative estimate of drug-likeness (QED) is 0.748. The van der Waals surface area contributed by atoms with Gasteiger partial charge in [-0.2, -0.15) is 15.1 Å². The Balaban J connectivity index is 1.96. The molecule has 0 bridgehead atoms. The van der Waals surface area contributed by atoms with E-state index in [1.54, 1.807) is 12.5 Å². The molecule has 0 unspecified atom stereocenters. The van der Waals surface area contributed by atoms with Crippen LogP contribution in [0.15, 0.2) is 18.7 Å². The lowest BCUT2D eigenvalue weighted by Gasteiger charge is -2.06. The Hall–Kier alpha value is -2.64. The highest BCUT2D eigenvalue weighted by Gasteiger charge is 2.13. The van der Waals surface area contributed by atoms with Gasteiger partial charge >= 0.3 is 0 Å². The molecule has 0 saturated heterocycles. The fourth-order valence-electron chi connectivity index (χ4n) is 1.88. The predicted octanol–water partition coefficient (Wildman–Crippen LogP) is 2.35. The maximum atomic E-state index is 5.82. The van der Waals surface area contributed by atoms with Gasteiger partial charge in [0.15, 0.2) is 11.4 Å². The second-order valence-corrected chi connectivity index (χ2v) is 4.84. The van der Waals surface area contributed by atoms with Crippen molar-refractivity contribution in [3.63, 3.8) is 0 Å². The van der Waals surface area contributed by atoms with Crippen LogP contribution in [0, 0.1) is 0 Å². The maximum Gasteiger partial charge on any atom is 0.250 e. The number of H-pyrrole nitrogens is 1. The lowest BCUT2D eigenvalue weighted by molar-refractivity contribution is 0.463. The Bertz CT molecular complexity index is 746. The summed E-state index contributed by atoms with van der Waals surface area (Å²) in [4.78, 5) is 15.8. The fourth-order valence-corrected chi connectivity index (χ4v) is 1.88. The van der Waals surface area contributed by atoms with Crippen molar-refractivity contribution in [3.8, 4) is 11.6 Å². The molecule has 0 aliphatic heterocycles. The van der Waals surface area contributed by atoms with Crippen molar-refractivity contribution in [1.82, 2.24) is 29.7 Å². The molecule has 0 atom stereocenters. The van der Waals surface area contributed by atoms with Crippen LogP contribution in [0.2, 0.25) is 0 Å². The summed E-state index contributed by atoms with van der Waals surface area (Å²) >= 11 is 0. The van der Waals surface area contributed by atoms with Crippen molar-refractivity contribution in [3.05, 3.63) is 18.7 Å². The zero-order valence-corrected chi connectivity index (χ0v) is 12.2. The first-order chi connectivity index (χ1) is 10.2. The largest absolute Gasteiger partial charge is 0.434 e. The Labute approximate surface area is 121 Å². The van der Waals surface area contributed by atoms with E-state index < -0.39 is 0 Å². The van der Waals surface area contributed by atoms with E-state index in [0.717, 1.165) is 6.54 Å². The molecule has 0 radical (unpaired) electrons. The van der Waals surface area contributed by atoms with Gasteiger partial charge in [-0.1, -0.05) is 0 Å². The van der Waals surface area contributed by atoms with Crippen molar-refractivity contribution >= 4 is 17.1 Å². The Kier molecular flexibility index (Phi) is 3.43. The number of hydrogen-bond donors (Lipinski definition) is 2. The molecule has 0 aliphatic rings. The molecule has 3 heterocycles. The topological polar surface area (TPSA) is 93.5 Å². The maximum absolute atomic E-state index is 5.82. The van der Waals surface area contributed by atoms with Crippen molar-refractivity contribution in [2.75, 3.05) is 11.9 Å². The van der Waals surface area contributed by atoms with Crippen molar-refractivity contribution in [2.24, 2.45) is 0 Å². The molecule has 0 saturated carbocycles. The number of anilines is 1. The van der Waals surface area contributed by atoms with Crippen LogP contribution in [0.1, 0.15) is 26.8 Å². The normalized spacial score (nSPS) is 11.2. The minimum Gasteiger partial charge on any atom is -0.434 e. The number of aromatic amines is 1. The van der Waals surface area contributed by atoms with E-state index in [-0.39, 0.29) is 6.04 Å². The Morgan fingerprint density at radius 3 is 2.95 bits per heavy atom. The highest BCUT2D eigenvalue weighted by Crippen LogP contribution is 2.26. The Morgan fingerprint density at radius 2 is 2.24 bits per heavy atom. The van der Waals surface area contributed by atoms with E-state index in [1.165, 1.54) is 0 Å². The van der Waals surface area contributed by atoms with Gasteiger partial charge in [0.1, 0.15) is 5.52 Å². The molecule has 8 nitrogen and oxygen atoms in total. The van der Waals surface area contributed by atoms with Crippen molar-refractivity contribution < 1.29 is 4.74 Å². The van der Waals surface area contributed by atoms with Crippen molar-refractivity contribution in [2.45, 2.75) is 26.8 Å². The van der Waals surface area contributed by atoms with E-state index in [1.807, 2.05) is 17.8 Å². The van der Waals surface area contributed by atoms with E-state index in [2.05, 4.69) is 44.2 Å². The van der Waals surface area contributed by atoms with E-state index in [0.29, 0.717) is 28.7 Å². The molecule has 0 fully saturated rings. The molecule has 0 aromatic carbocycles. The van der Waals surface area contributed by atoms with Gasteiger partial charge in [0.2, 0.25) is 5.95 Å². The number of nitrogens with one attached hydrogen (secondary N) is 2. The first-order valence-corrected chi connectivity index (χ1v) is 6.84. The molecule has 2 N–H and O–H groups in total. The van der Waals surface area contributed by atoms with Gasteiger partial charge in [-0.05, 0) is 20.8 Å². The lowest BCUT2D eigenvalue weighted by atomic mass is 10.4. The van der Waals surface area contributed by atoms with Gasteiger partial charge in [0.25, 0.3) is 5.88 Å². The van der Waals surface area contributed by atoms with Gasteiger partial charge in [0.05, 0.1) is 18.7 Å². The SMILES string of the molecule is CCNc1nc(Oc2cnn(C(C)C)c2)c2[nH]cnc2n1. The third kappa shape index (κ3) is 2.64. The van der Waals surface area contributed by atoms with Crippen molar-refractivity contribution in [1.29, 1.82) is 0 Å². The summed E-state index contributed by atoms with van der Waals surface area (Å²) in [5, 5.41) is 7.31. The van der Waals surface area contributed by atoms with E-state index >= 15 is 0 Å². The van der Waals surface area contributed by atoms with Crippen LogP contribution in [-0.2, 0) is 0 Å². The Morgan fingerprint density at radius 1 is 1.38 bits per heavy atom. The highest BCUT2D eigenvalue weighted by atomic mass is 16.5. The average molecular weight is 287 g/mol. The first kappa shape index (κ1) is 13.3. The molecular formula is C13H17N7O. The zero-order chi connectivity index (χ0) is 14.8. The molecule has 0 spiro atoms. The summed E-state index contributed by atoms with van der Waals surface area (Å²) in [5.74, 6) is 1.54. The van der Waals surface area contributed by atoms with Gasteiger partial charge in [0, 0.05) is 12.6 Å². The second-order valence-electron chi connectivity index (χ2n) is 4.84. The number of ether oxygens (including phenoxy) is 1. The van der Waals surface area contributed by atoms with Crippen LogP contribution in [0.5, 0.6) is 11.6 Å². The number of rotatable bonds is 5. The second kappa shape index (κ2) is 5.39. The number of aromatic nitrogens is 6. The monoisotopic (exact) mass is 287 g/mol. The van der Waals surface area contributed by atoms with Gasteiger partial charge in [-0.25, -0.2) is 4.98 Å². The van der Waals surface area contributed by atoms with Crippen LogP contribution in [0.25, 0.3) is 11.2 Å². The van der Waals surface area contributed by atoms with Crippen LogP contribution in [0.4, 0.5) is 5.95 Å². The molecule has 3 aromatic heterocycles. The minimum atomic E-state index is 0.275. The molecule has 21 heavy (non-hydrogen) atoms. The highest BCUT2D eigenvalue weighted by molar-refractivity contribution is 5.77. The molecule has 8 heteroatoms. The van der Waals surface area contributed by atoms with Crippen LogP contribution in [-0.4, -0.2) is 36.3 Å². The molecule has 0 amide bonds. The molecule has 110 valence electrons. The summed E-state index contributed by atoms with van der Waals surface area (Å²) < 4.78 is 7.65. The zero-order valence-electron chi connectivity index (χ0n) is 12.2. The minimum absolute atomic E-state index is 0.275. The summed E-state index contributed by atoms with van der Waals surface area (Å²) in [5.41, 5.74) is 1.22. The molecule has 3 aromatic rings. The number of imidazole rings is 1. The molecule has 3 rings (SSSR count). The summed E-state index contributed by atoms with van der Waals surface area (Å²) in [6, 6.07) is 0.275. The third-order valence-electron chi connectivity index (χ3n) is 2.91. The van der Waals surface area contributed by atoms with Crippen LogP contribution in [0.3, 0.4) is 0 Å². The van der Waals surface area contributed by atoms with Gasteiger partial charge in [-0.3, -0.25) is 4.68 Å². The van der Waals surface area contributed by atoms with Crippen LogP contribution >= 0.6 is 0 Å². The van der Waals surface area contributed by atoms with E-state index in [9.17, 15) is 0 Å². The molecular weight excluding hydrogens is 270 g/mol. The number of hydrogen-bond acceptors (Lipinski definition) is 6. The average Bonchev–Trinajstić information content (AvgIpc) is 3.07. The standard InChI is InChI=1S/C13H17N7O/c1-4-14-13-18-11-10(15-7-16-11)12(19-13)21-9-5-17-20(6-9)8(2)3/h5-8H,4H2,1-3H3,(H2,14,15,16,18,19). The number of nitrogens with zero attached hydrogens (tertiary/aromatic N) is 5. The smallest absolute Gasteiger partial charge is 0.250 e. The predicted molar refractivity (Wildman–Crippen MR) is 78.5 cm³/mol. The van der Waals surface area contributed by atoms with Gasteiger partial charge in [-0.15, -0.1) is 0 Å². The van der Waals surface area contributed by atoms with Crippen LogP contribution < -0.4 is 10.1 Å². The summed E-state index contributed by atoms with van der Waals surface area (Å²) in [6.07, 6.45) is 5.07. The number of fused-ring (bicyclic) bond motifs is 1.